The monoisotopic (exact) mass is 359 g/mol. The van der Waals surface area contributed by atoms with Gasteiger partial charge >= 0.3 is 0 Å². The molecule has 0 bridgehead atoms. The molecule has 1 fully saturated rings. The third kappa shape index (κ3) is 6.55. The lowest BCUT2D eigenvalue weighted by atomic mass is 10.1. The van der Waals surface area contributed by atoms with Gasteiger partial charge in [0.25, 0.3) is 0 Å². The van der Waals surface area contributed by atoms with Crippen molar-refractivity contribution in [2.45, 2.75) is 31.9 Å². The zero-order valence-electron chi connectivity index (χ0n) is 13.1. The first-order valence-electron chi connectivity index (χ1n) is 7.73. The highest BCUT2D eigenvalue weighted by Gasteiger charge is 2.21. The van der Waals surface area contributed by atoms with Gasteiger partial charge in [-0.3, -0.25) is 4.99 Å². The Hall–Kier alpha value is -1.01. The van der Waals surface area contributed by atoms with Crippen molar-refractivity contribution in [3.05, 3.63) is 33.8 Å². The van der Waals surface area contributed by atoms with E-state index >= 15 is 0 Å². The molecule has 1 aromatic rings. The number of guanidine groups is 1. The summed E-state index contributed by atoms with van der Waals surface area (Å²) in [7, 11) is 0. The molecule has 5 nitrogen and oxygen atoms in total. The number of hydrogen-bond acceptors (Lipinski definition) is 3. The van der Waals surface area contributed by atoms with Crippen molar-refractivity contribution in [2.75, 3.05) is 19.8 Å². The second kappa shape index (κ2) is 8.73. The summed E-state index contributed by atoms with van der Waals surface area (Å²) in [4.78, 5) is 4.13. The first-order valence-corrected chi connectivity index (χ1v) is 8.48. The highest BCUT2D eigenvalue weighted by Crippen LogP contribution is 2.28. The Bertz CT molecular complexity index is 550. The molecule has 1 aliphatic rings. The number of rotatable bonds is 8. The van der Waals surface area contributed by atoms with E-state index in [0.29, 0.717) is 16.0 Å². The fourth-order valence-electron chi connectivity index (χ4n) is 2.11. The normalized spacial score (nSPS) is 17.8. The van der Waals surface area contributed by atoms with Crippen molar-refractivity contribution < 1.29 is 9.84 Å². The number of aliphatic hydroxyl groups is 1. The average Bonchev–Trinajstić information content (AvgIpc) is 3.29. The van der Waals surface area contributed by atoms with E-state index in [0.717, 1.165) is 12.2 Å². The van der Waals surface area contributed by atoms with Crippen LogP contribution in [0.2, 0.25) is 10.0 Å². The lowest BCUT2D eigenvalue weighted by Gasteiger charge is -2.17. The summed E-state index contributed by atoms with van der Waals surface area (Å²) >= 11 is 12.0. The van der Waals surface area contributed by atoms with E-state index in [4.69, 9.17) is 33.7 Å². The number of aliphatic hydroxyl groups excluding tert-OH is 1. The summed E-state index contributed by atoms with van der Waals surface area (Å²) in [6.45, 7) is 3.13. The fraction of sp³-hybridized carbons (Fsp3) is 0.562. The molecule has 1 aliphatic carbocycles. The van der Waals surface area contributed by atoms with Gasteiger partial charge in [-0.05, 0) is 43.4 Å². The number of nitrogens with zero attached hydrogens (tertiary/aromatic N) is 1. The van der Waals surface area contributed by atoms with Crippen molar-refractivity contribution in [3.8, 4) is 0 Å². The molecule has 2 atom stereocenters. The lowest BCUT2D eigenvalue weighted by molar-refractivity contribution is 0.0368. The van der Waals surface area contributed by atoms with E-state index in [1.807, 2.05) is 13.0 Å². The van der Waals surface area contributed by atoms with Crippen LogP contribution in [-0.2, 0) is 4.74 Å². The van der Waals surface area contributed by atoms with Gasteiger partial charge in [-0.2, -0.15) is 0 Å². The summed E-state index contributed by atoms with van der Waals surface area (Å²) in [5, 5.41) is 14.0. The van der Waals surface area contributed by atoms with Crippen LogP contribution in [0.4, 0.5) is 0 Å². The minimum Gasteiger partial charge on any atom is -0.389 e. The molecule has 0 saturated heterocycles. The van der Waals surface area contributed by atoms with Crippen molar-refractivity contribution in [1.82, 2.24) is 5.32 Å². The summed E-state index contributed by atoms with van der Waals surface area (Å²) < 4.78 is 5.42. The molecule has 23 heavy (non-hydrogen) atoms. The standard InChI is InChI=1S/C16H23Cl2N3O2/c1-10(14-5-4-12(17)6-15(14)18)21-16(19)20-7-13(22)9-23-8-11-2-3-11/h4-6,10-11,13,22H,2-3,7-9H2,1H3,(H3,19,20,21). The van der Waals surface area contributed by atoms with Crippen LogP contribution in [0.1, 0.15) is 31.4 Å². The molecule has 0 aromatic heterocycles. The lowest BCUT2D eigenvalue weighted by Crippen LogP contribution is -2.35. The van der Waals surface area contributed by atoms with Crippen LogP contribution in [0.15, 0.2) is 23.2 Å². The Labute approximate surface area is 146 Å². The first kappa shape index (κ1) is 18.3. The molecular weight excluding hydrogens is 337 g/mol. The summed E-state index contributed by atoms with van der Waals surface area (Å²) in [5.41, 5.74) is 6.72. The smallest absolute Gasteiger partial charge is 0.189 e. The van der Waals surface area contributed by atoms with E-state index in [1.54, 1.807) is 12.1 Å². The zero-order chi connectivity index (χ0) is 16.8. The van der Waals surface area contributed by atoms with Gasteiger partial charge in [-0.1, -0.05) is 29.3 Å². The number of hydrogen-bond donors (Lipinski definition) is 3. The van der Waals surface area contributed by atoms with E-state index in [-0.39, 0.29) is 25.2 Å². The van der Waals surface area contributed by atoms with E-state index in [1.165, 1.54) is 12.8 Å². The molecular formula is C16H23Cl2N3O2. The van der Waals surface area contributed by atoms with Crippen molar-refractivity contribution in [1.29, 1.82) is 0 Å². The topological polar surface area (TPSA) is 79.9 Å². The second-order valence-electron chi connectivity index (χ2n) is 5.89. The van der Waals surface area contributed by atoms with Gasteiger partial charge in [-0.25, -0.2) is 0 Å². The largest absolute Gasteiger partial charge is 0.389 e. The molecule has 2 rings (SSSR count). The van der Waals surface area contributed by atoms with Crippen LogP contribution in [0.3, 0.4) is 0 Å². The molecule has 0 spiro atoms. The minimum atomic E-state index is -0.650. The summed E-state index contributed by atoms with van der Waals surface area (Å²) in [6, 6.07) is 5.18. The van der Waals surface area contributed by atoms with Gasteiger partial charge < -0.3 is 20.9 Å². The first-order chi connectivity index (χ1) is 11.0. The van der Waals surface area contributed by atoms with Gasteiger partial charge in [0.1, 0.15) is 0 Å². The predicted molar refractivity (Wildman–Crippen MR) is 94.1 cm³/mol. The van der Waals surface area contributed by atoms with Crippen molar-refractivity contribution >= 4 is 29.2 Å². The average molecular weight is 360 g/mol. The van der Waals surface area contributed by atoms with Gasteiger partial charge in [0.05, 0.1) is 25.3 Å². The fourth-order valence-corrected chi connectivity index (χ4v) is 2.68. The molecule has 0 radical (unpaired) electrons. The molecule has 2 unspecified atom stereocenters. The van der Waals surface area contributed by atoms with E-state index < -0.39 is 6.10 Å². The number of benzene rings is 1. The summed E-state index contributed by atoms with van der Waals surface area (Å²) in [6.07, 6.45) is 1.82. The molecule has 4 N–H and O–H groups in total. The van der Waals surface area contributed by atoms with E-state index in [2.05, 4.69) is 10.3 Å². The second-order valence-corrected chi connectivity index (χ2v) is 6.74. The number of nitrogens with two attached hydrogens (primary N) is 1. The molecule has 1 aromatic carbocycles. The highest BCUT2D eigenvalue weighted by atomic mass is 35.5. The number of ether oxygens (including phenoxy) is 1. The number of halogens is 2. The van der Waals surface area contributed by atoms with Crippen LogP contribution in [0, 0.1) is 5.92 Å². The maximum Gasteiger partial charge on any atom is 0.189 e. The van der Waals surface area contributed by atoms with Crippen LogP contribution in [0.5, 0.6) is 0 Å². The molecule has 0 heterocycles. The molecule has 0 amide bonds. The third-order valence-corrected chi connectivity index (χ3v) is 4.19. The van der Waals surface area contributed by atoms with Gasteiger partial charge in [0.2, 0.25) is 0 Å². The molecule has 128 valence electrons. The SMILES string of the molecule is CC(NC(N)=NCC(O)COCC1CC1)c1ccc(Cl)cc1Cl. The van der Waals surface area contributed by atoms with Crippen LogP contribution < -0.4 is 11.1 Å². The van der Waals surface area contributed by atoms with Gasteiger partial charge in [0.15, 0.2) is 5.96 Å². The minimum absolute atomic E-state index is 0.119. The van der Waals surface area contributed by atoms with Crippen LogP contribution >= 0.6 is 23.2 Å². The summed E-state index contributed by atoms with van der Waals surface area (Å²) in [5.74, 6) is 0.937. The van der Waals surface area contributed by atoms with E-state index in [9.17, 15) is 5.11 Å². The Balaban J connectivity index is 1.76. The maximum absolute atomic E-state index is 9.81. The van der Waals surface area contributed by atoms with Gasteiger partial charge in [-0.15, -0.1) is 0 Å². The number of nitrogens with one attached hydrogen (secondary N) is 1. The number of aliphatic imine (C=N–C) groups is 1. The zero-order valence-corrected chi connectivity index (χ0v) is 14.6. The Morgan fingerprint density at radius 1 is 1.48 bits per heavy atom. The third-order valence-electron chi connectivity index (χ3n) is 3.63. The molecule has 1 saturated carbocycles. The van der Waals surface area contributed by atoms with Crippen LogP contribution in [0.25, 0.3) is 0 Å². The highest BCUT2D eigenvalue weighted by molar-refractivity contribution is 6.35. The molecule has 7 heteroatoms. The Morgan fingerprint density at radius 3 is 2.87 bits per heavy atom. The van der Waals surface area contributed by atoms with Crippen LogP contribution in [-0.4, -0.2) is 36.9 Å². The molecule has 0 aliphatic heterocycles. The Morgan fingerprint density at radius 2 is 2.22 bits per heavy atom. The van der Waals surface area contributed by atoms with Crippen molar-refractivity contribution in [3.63, 3.8) is 0 Å². The maximum atomic E-state index is 9.81. The quantitative estimate of drug-likeness (QED) is 0.492. The Kier molecular flexibility index (Phi) is 6.96. The van der Waals surface area contributed by atoms with Crippen molar-refractivity contribution in [2.24, 2.45) is 16.6 Å². The van der Waals surface area contributed by atoms with Gasteiger partial charge in [0, 0.05) is 16.7 Å². The predicted octanol–water partition coefficient (Wildman–Crippen LogP) is 2.75.